The summed E-state index contributed by atoms with van der Waals surface area (Å²) in [6, 6.07) is 25.1. The van der Waals surface area contributed by atoms with Crippen LogP contribution in [0.5, 0.6) is 11.5 Å². The summed E-state index contributed by atoms with van der Waals surface area (Å²) in [5.41, 5.74) is 6.04. The molecule has 1 fully saturated rings. The number of rotatable bonds is 11. The molecule has 10 nitrogen and oxygen atoms in total. The first-order valence-corrected chi connectivity index (χ1v) is 13.9. The Bertz CT molecular complexity index is 1600. The number of benzene rings is 3. The third kappa shape index (κ3) is 6.18. The van der Waals surface area contributed by atoms with Gasteiger partial charge in [0.15, 0.2) is 0 Å². The van der Waals surface area contributed by atoms with Crippen LogP contribution in [0.25, 0.3) is 6.08 Å². The molecule has 1 aliphatic heterocycles. The fourth-order valence-corrected chi connectivity index (χ4v) is 5.35. The zero-order valence-electron chi connectivity index (χ0n) is 24.0. The number of hydrogen-bond acceptors (Lipinski definition) is 8. The van der Waals surface area contributed by atoms with Crippen LogP contribution in [0.3, 0.4) is 0 Å². The van der Waals surface area contributed by atoms with E-state index in [1.54, 1.807) is 26.4 Å². The fourth-order valence-electron chi connectivity index (χ4n) is 5.35. The number of H-pyrrole nitrogens is 1. The second kappa shape index (κ2) is 13.2. The van der Waals surface area contributed by atoms with Crippen molar-refractivity contribution in [1.82, 2.24) is 9.55 Å². The van der Waals surface area contributed by atoms with Gasteiger partial charge in [-0.15, -0.1) is 0 Å². The van der Waals surface area contributed by atoms with Gasteiger partial charge in [-0.2, -0.15) is 0 Å². The van der Waals surface area contributed by atoms with Gasteiger partial charge in [0, 0.05) is 19.2 Å². The predicted molar refractivity (Wildman–Crippen MR) is 162 cm³/mol. The monoisotopic (exact) mass is 585 g/mol. The summed E-state index contributed by atoms with van der Waals surface area (Å²) in [6.07, 6.45) is 2.17. The van der Waals surface area contributed by atoms with Crippen molar-refractivity contribution in [2.45, 2.75) is 30.5 Å². The fraction of sp³-hybridized carbons (Fsp3) is 0.273. The van der Waals surface area contributed by atoms with Crippen molar-refractivity contribution in [3.05, 3.63) is 134 Å². The summed E-state index contributed by atoms with van der Waals surface area (Å²) in [5, 5.41) is 11.1. The number of aliphatic hydroxyl groups is 1. The van der Waals surface area contributed by atoms with Gasteiger partial charge < -0.3 is 29.8 Å². The average Bonchev–Trinajstić information content (AvgIpc) is 3.41. The van der Waals surface area contributed by atoms with Crippen LogP contribution in [-0.2, 0) is 15.1 Å². The molecule has 4 N–H and O–H groups in total. The van der Waals surface area contributed by atoms with E-state index in [1.165, 1.54) is 10.8 Å². The number of aliphatic hydroxyl groups excluding tert-OH is 1. The lowest BCUT2D eigenvalue weighted by atomic mass is 9.80. The lowest BCUT2D eigenvalue weighted by Crippen LogP contribution is -2.38. The predicted octanol–water partition coefficient (Wildman–Crippen LogP) is 3.18. The van der Waals surface area contributed by atoms with Gasteiger partial charge in [-0.05, 0) is 41.0 Å². The van der Waals surface area contributed by atoms with E-state index in [-0.39, 0.29) is 25.1 Å². The van der Waals surface area contributed by atoms with Crippen molar-refractivity contribution >= 4 is 6.08 Å². The molecule has 3 aromatic carbocycles. The van der Waals surface area contributed by atoms with Gasteiger partial charge in [0.2, 0.25) is 0 Å². The molecule has 5 rings (SSSR count). The number of nitrogens with two attached hydrogens (primary N) is 1. The Hall–Kier alpha value is -4.48. The molecule has 0 aliphatic carbocycles. The minimum absolute atomic E-state index is 0.0113. The van der Waals surface area contributed by atoms with Gasteiger partial charge in [0.1, 0.15) is 29.4 Å². The summed E-state index contributed by atoms with van der Waals surface area (Å²) in [7, 11) is 3.22. The van der Waals surface area contributed by atoms with E-state index in [9.17, 15) is 14.7 Å². The van der Waals surface area contributed by atoms with Crippen molar-refractivity contribution in [3.8, 4) is 11.5 Å². The van der Waals surface area contributed by atoms with Crippen LogP contribution in [-0.4, -0.2) is 54.2 Å². The van der Waals surface area contributed by atoms with Crippen LogP contribution < -0.4 is 26.5 Å². The van der Waals surface area contributed by atoms with Crippen molar-refractivity contribution in [3.63, 3.8) is 0 Å². The largest absolute Gasteiger partial charge is 0.497 e. The lowest BCUT2D eigenvalue weighted by Gasteiger charge is -2.37. The highest BCUT2D eigenvalue weighted by molar-refractivity contribution is 5.50. The minimum Gasteiger partial charge on any atom is -0.497 e. The van der Waals surface area contributed by atoms with Gasteiger partial charge in [-0.3, -0.25) is 14.3 Å². The number of nitrogens with zero attached hydrogens (tertiary/aromatic N) is 1. The van der Waals surface area contributed by atoms with Crippen LogP contribution in [0.15, 0.2) is 101 Å². The van der Waals surface area contributed by atoms with E-state index < -0.39 is 35.3 Å². The molecular weight excluding hydrogens is 550 g/mol. The molecule has 10 heteroatoms. The van der Waals surface area contributed by atoms with Crippen LogP contribution >= 0.6 is 0 Å². The first-order valence-electron chi connectivity index (χ1n) is 13.9. The van der Waals surface area contributed by atoms with Gasteiger partial charge in [0.25, 0.3) is 5.56 Å². The van der Waals surface area contributed by atoms with Crippen molar-refractivity contribution in [2.24, 2.45) is 5.73 Å². The molecule has 43 heavy (non-hydrogen) atoms. The normalized spacial score (nSPS) is 18.7. The zero-order valence-corrected chi connectivity index (χ0v) is 24.0. The highest BCUT2D eigenvalue weighted by Gasteiger charge is 2.42. The quantitative estimate of drug-likeness (QED) is 0.228. The van der Waals surface area contributed by atoms with Crippen molar-refractivity contribution in [2.75, 3.05) is 27.4 Å². The highest BCUT2D eigenvalue weighted by Crippen LogP contribution is 2.42. The molecule has 0 saturated carbocycles. The molecular formula is C33H35N3O7. The number of methoxy groups -OCH3 is 2. The Morgan fingerprint density at radius 3 is 2.09 bits per heavy atom. The van der Waals surface area contributed by atoms with E-state index >= 15 is 0 Å². The summed E-state index contributed by atoms with van der Waals surface area (Å²) in [4.78, 5) is 27.2. The molecule has 0 amide bonds. The van der Waals surface area contributed by atoms with E-state index in [1.807, 2.05) is 78.9 Å². The SMILES string of the molecule is COc1ccc(C(OC[C@H]2O[C@@H](n3cc(/C=C/CN)c(=O)[nH]c3=O)CC2O)(c2ccccc2)c2ccc(OC)cc2)cc1. The molecule has 1 saturated heterocycles. The maximum absolute atomic E-state index is 12.7. The third-order valence-electron chi connectivity index (χ3n) is 7.58. The number of nitrogens with one attached hydrogen (secondary N) is 1. The molecule has 0 radical (unpaired) electrons. The van der Waals surface area contributed by atoms with Crippen LogP contribution in [0, 0.1) is 0 Å². The lowest BCUT2D eigenvalue weighted by molar-refractivity contribution is -0.0944. The van der Waals surface area contributed by atoms with Crippen molar-refractivity contribution < 1.29 is 24.1 Å². The summed E-state index contributed by atoms with van der Waals surface area (Å²) in [6.45, 7) is 0.227. The minimum atomic E-state index is -1.10. The Balaban J connectivity index is 1.51. The standard InChI is InChI=1S/C33H35N3O7/c1-40-26-14-10-24(11-15-26)33(23-8-4-3-5-9-23,25-12-16-27(41-2)17-13-25)42-21-29-28(37)19-30(43-29)36-20-22(7-6-18-34)31(38)35-32(36)39/h3-17,20,28-30,37H,18-19,21,34H2,1-2H3,(H,35,38,39)/b7-6+/t28?,29-,30-/m1/s1. The molecule has 1 unspecified atom stereocenters. The number of hydrogen-bond donors (Lipinski definition) is 3. The van der Waals surface area contributed by atoms with E-state index in [2.05, 4.69) is 4.98 Å². The Kier molecular flexibility index (Phi) is 9.22. The zero-order chi connectivity index (χ0) is 30.4. The molecule has 224 valence electrons. The van der Waals surface area contributed by atoms with Crippen LogP contribution in [0.2, 0.25) is 0 Å². The van der Waals surface area contributed by atoms with Gasteiger partial charge >= 0.3 is 5.69 Å². The number of aromatic amines is 1. The van der Waals surface area contributed by atoms with E-state index in [0.29, 0.717) is 11.5 Å². The van der Waals surface area contributed by atoms with Crippen molar-refractivity contribution in [1.29, 1.82) is 0 Å². The Morgan fingerprint density at radius 2 is 1.53 bits per heavy atom. The van der Waals surface area contributed by atoms with Crippen LogP contribution in [0.1, 0.15) is 34.9 Å². The second-order valence-corrected chi connectivity index (χ2v) is 10.1. The molecule has 0 spiro atoms. The van der Waals surface area contributed by atoms with Crippen LogP contribution in [0.4, 0.5) is 0 Å². The summed E-state index contributed by atoms with van der Waals surface area (Å²) < 4.78 is 25.1. The molecule has 1 aromatic heterocycles. The summed E-state index contributed by atoms with van der Waals surface area (Å²) in [5.74, 6) is 1.40. The maximum Gasteiger partial charge on any atom is 0.330 e. The molecule has 1 aliphatic rings. The first-order chi connectivity index (χ1) is 20.9. The molecule has 3 atom stereocenters. The Morgan fingerprint density at radius 1 is 0.953 bits per heavy atom. The third-order valence-corrected chi connectivity index (χ3v) is 7.58. The van der Waals surface area contributed by atoms with E-state index in [0.717, 1.165) is 16.7 Å². The van der Waals surface area contributed by atoms with Gasteiger partial charge in [-0.25, -0.2) is 4.79 Å². The average molecular weight is 586 g/mol. The molecule has 0 bridgehead atoms. The second-order valence-electron chi connectivity index (χ2n) is 10.1. The van der Waals surface area contributed by atoms with Gasteiger partial charge in [0.05, 0.1) is 32.5 Å². The number of ether oxygens (including phenoxy) is 4. The van der Waals surface area contributed by atoms with E-state index in [4.69, 9.17) is 24.7 Å². The smallest absolute Gasteiger partial charge is 0.330 e. The summed E-state index contributed by atoms with van der Waals surface area (Å²) >= 11 is 0. The number of aromatic nitrogens is 2. The molecule has 4 aromatic rings. The topological polar surface area (TPSA) is 138 Å². The Labute approximate surface area is 248 Å². The van der Waals surface area contributed by atoms with Gasteiger partial charge in [-0.1, -0.05) is 66.7 Å². The highest BCUT2D eigenvalue weighted by atomic mass is 16.6. The first kappa shape index (κ1) is 30.0. The molecule has 2 heterocycles. The maximum atomic E-state index is 12.7.